The summed E-state index contributed by atoms with van der Waals surface area (Å²) in [5, 5.41) is 1.12. The van der Waals surface area contributed by atoms with E-state index in [4.69, 9.17) is 0 Å². The van der Waals surface area contributed by atoms with Crippen molar-refractivity contribution in [2.24, 2.45) is 4.99 Å². The third-order valence-corrected chi connectivity index (χ3v) is 2.81. The number of aliphatic imine (C=N–C) groups is 1. The number of aromatic amines is 1. The average Bonchev–Trinajstić information content (AvgIpc) is 2.59. The lowest BCUT2D eigenvalue weighted by Gasteiger charge is -2.03. The number of hydrogen-bond acceptors (Lipinski definition) is 2. The van der Waals surface area contributed by atoms with Gasteiger partial charge in [-0.15, -0.1) is 0 Å². The molecule has 2 heterocycles. The van der Waals surface area contributed by atoms with E-state index in [9.17, 15) is 4.79 Å². The van der Waals surface area contributed by atoms with Gasteiger partial charge in [-0.3, -0.25) is 9.79 Å². The number of fused-ring (bicyclic) bond motifs is 3. The highest BCUT2D eigenvalue weighted by atomic mass is 16.1. The number of nitrogens with one attached hydrogen (secondary N) is 1. The highest BCUT2D eigenvalue weighted by Gasteiger charge is 2.19. The van der Waals surface area contributed by atoms with E-state index in [0.717, 1.165) is 16.5 Å². The lowest BCUT2D eigenvalue weighted by atomic mass is 10.0. The Morgan fingerprint density at radius 1 is 1.40 bits per heavy atom. The number of benzene rings is 1. The van der Waals surface area contributed by atoms with Gasteiger partial charge < -0.3 is 4.98 Å². The Hall–Kier alpha value is -1.90. The van der Waals surface area contributed by atoms with Crippen molar-refractivity contribution in [2.45, 2.75) is 6.92 Å². The third-order valence-electron chi connectivity index (χ3n) is 2.81. The number of rotatable bonds is 0. The molecule has 1 aliphatic rings. The fourth-order valence-electron chi connectivity index (χ4n) is 2.10. The van der Waals surface area contributed by atoms with Crippen LogP contribution in [-0.2, 0) is 0 Å². The second kappa shape index (κ2) is 2.79. The molecule has 3 nitrogen and oxygen atoms in total. The van der Waals surface area contributed by atoms with E-state index in [2.05, 4.69) is 9.98 Å². The van der Waals surface area contributed by atoms with Gasteiger partial charge in [-0.25, -0.2) is 0 Å². The van der Waals surface area contributed by atoms with Crippen LogP contribution >= 0.6 is 0 Å². The molecule has 0 unspecified atom stereocenters. The summed E-state index contributed by atoms with van der Waals surface area (Å²) in [4.78, 5) is 18.9. The first-order valence-corrected chi connectivity index (χ1v) is 4.91. The number of H-pyrrole nitrogens is 1. The van der Waals surface area contributed by atoms with E-state index >= 15 is 0 Å². The molecule has 0 atom stereocenters. The van der Waals surface area contributed by atoms with E-state index < -0.39 is 0 Å². The predicted octanol–water partition coefficient (Wildman–Crippen LogP) is 2.09. The number of hydrogen-bond donors (Lipinski definition) is 1. The molecular weight excluding hydrogens is 188 g/mol. The molecule has 1 N–H and O–H groups in total. The van der Waals surface area contributed by atoms with Crippen molar-refractivity contribution in [1.29, 1.82) is 0 Å². The van der Waals surface area contributed by atoms with Crippen LogP contribution in [0.2, 0.25) is 0 Å². The van der Waals surface area contributed by atoms with E-state index in [1.165, 1.54) is 5.56 Å². The van der Waals surface area contributed by atoms with E-state index in [-0.39, 0.29) is 12.3 Å². The van der Waals surface area contributed by atoms with Gasteiger partial charge in [0.15, 0.2) is 0 Å². The maximum absolute atomic E-state index is 11.6. The fourth-order valence-corrected chi connectivity index (χ4v) is 2.10. The van der Waals surface area contributed by atoms with Gasteiger partial charge in [-0.05, 0) is 18.6 Å². The summed E-state index contributed by atoms with van der Waals surface area (Å²) in [6.45, 7) is 2.31. The zero-order chi connectivity index (χ0) is 10.4. The Kier molecular flexibility index (Phi) is 1.57. The molecule has 0 amide bonds. The molecule has 2 aromatic rings. The van der Waals surface area contributed by atoms with Crippen LogP contribution in [0.3, 0.4) is 0 Å². The van der Waals surface area contributed by atoms with E-state index in [1.807, 2.05) is 25.1 Å². The molecule has 0 saturated heterocycles. The summed E-state index contributed by atoms with van der Waals surface area (Å²) < 4.78 is 0. The molecule has 3 heteroatoms. The van der Waals surface area contributed by atoms with Crippen LogP contribution in [0.15, 0.2) is 23.2 Å². The molecule has 15 heavy (non-hydrogen) atoms. The Balaban J connectivity index is 2.48. The second-order valence-corrected chi connectivity index (χ2v) is 3.80. The summed E-state index contributed by atoms with van der Waals surface area (Å²) in [6.07, 6.45) is 1.79. The first-order chi connectivity index (χ1) is 7.27. The van der Waals surface area contributed by atoms with Crippen LogP contribution in [0.1, 0.15) is 21.6 Å². The number of aromatic nitrogens is 1. The maximum Gasteiger partial charge on any atom is 0.201 e. The standard InChI is InChI=1S/C12H10N2O/c1-7-3-2-4-9-11(7)8-5-13-6-10(15)12(8)14-9/h2-5,14H,6H2,1H3. The molecule has 0 spiro atoms. The highest BCUT2D eigenvalue weighted by molar-refractivity contribution is 6.15. The van der Waals surface area contributed by atoms with Crippen LogP contribution < -0.4 is 0 Å². The van der Waals surface area contributed by atoms with Gasteiger partial charge >= 0.3 is 0 Å². The number of aryl methyl sites for hydroxylation is 1. The SMILES string of the molecule is Cc1cccc2[nH]c3c(c12)C=NCC3=O. The lowest BCUT2D eigenvalue weighted by molar-refractivity contribution is 0.0996. The fraction of sp³-hybridized carbons (Fsp3) is 0.167. The summed E-state index contributed by atoms with van der Waals surface area (Å²) >= 11 is 0. The first kappa shape index (κ1) is 8.41. The molecule has 0 radical (unpaired) electrons. The van der Waals surface area contributed by atoms with Crippen LogP contribution in [0.5, 0.6) is 0 Å². The Morgan fingerprint density at radius 3 is 3.13 bits per heavy atom. The van der Waals surface area contributed by atoms with Crippen molar-refractivity contribution < 1.29 is 4.79 Å². The molecule has 1 aromatic heterocycles. The van der Waals surface area contributed by atoms with Crippen LogP contribution in [-0.4, -0.2) is 23.5 Å². The normalized spacial score (nSPS) is 14.6. The minimum Gasteiger partial charge on any atom is -0.351 e. The zero-order valence-corrected chi connectivity index (χ0v) is 8.37. The number of carbonyl (C=O) groups is 1. The lowest BCUT2D eigenvalue weighted by Crippen LogP contribution is -2.11. The number of ketones is 1. The Labute approximate surface area is 86.8 Å². The van der Waals surface area contributed by atoms with Crippen molar-refractivity contribution >= 4 is 22.9 Å². The Morgan fingerprint density at radius 2 is 2.27 bits per heavy atom. The zero-order valence-electron chi connectivity index (χ0n) is 8.37. The largest absolute Gasteiger partial charge is 0.351 e. The van der Waals surface area contributed by atoms with Gasteiger partial charge in [0, 0.05) is 22.7 Å². The first-order valence-electron chi connectivity index (χ1n) is 4.91. The highest BCUT2D eigenvalue weighted by Crippen LogP contribution is 2.26. The minimum atomic E-state index is 0.0723. The van der Waals surface area contributed by atoms with Crippen molar-refractivity contribution in [3.63, 3.8) is 0 Å². The maximum atomic E-state index is 11.6. The summed E-state index contributed by atoms with van der Waals surface area (Å²) in [7, 11) is 0. The molecule has 3 rings (SSSR count). The molecule has 0 fully saturated rings. The van der Waals surface area contributed by atoms with Crippen molar-refractivity contribution in [1.82, 2.24) is 4.98 Å². The molecular formula is C12H10N2O. The van der Waals surface area contributed by atoms with Crippen LogP contribution in [0.25, 0.3) is 10.9 Å². The van der Waals surface area contributed by atoms with Crippen molar-refractivity contribution in [3.8, 4) is 0 Å². The third kappa shape index (κ3) is 1.06. The molecule has 1 aromatic carbocycles. The van der Waals surface area contributed by atoms with Crippen molar-refractivity contribution in [3.05, 3.63) is 35.0 Å². The van der Waals surface area contributed by atoms with Gasteiger partial charge in [0.2, 0.25) is 5.78 Å². The summed E-state index contributed by atoms with van der Waals surface area (Å²) in [5.41, 5.74) is 3.83. The molecule has 1 aliphatic heterocycles. The average molecular weight is 198 g/mol. The predicted molar refractivity (Wildman–Crippen MR) is 59.8 cm³/mol. The van der Waals surface area contributed by atoms with Gasteiger partial charge in [0.25, 0.3) is 0 Å². The topological polar surface area (TPSA) is 45.2 Å². The smallest absolute Gasteiger partial charge is 0.201 e. The minimum absolute atomic E-state index is 0.0723. The van der Waals surface area contributed by atoms with Gasteiger partial charge in [-0.1, -0.05) is 12.1 Å². The number of Topliss-reactive ketones (excluding diaryl/α,β-unsaturated/α-hetero) is 1. The van der Waals surface area contributed by atoms with Gasteiger partial charge in [0.05, 0.1) is 5.69 Å². The quantitative estimate of drug-likeness (QED) is 0.692. The summed E-state index contributed by atoms with van der Waals surface area (Å²) in [6, 6.07) is 6.02. The molecule has 0 bridgehead atoms. The number of carbonyl (C=O) groups excluding carboxylic acids is 1. The molecule has 0 saturated carbocycles. The Bertz CT molecular complexity index is 593. The second-order valence-electron chi connectivity index (χ2n) is 3.80. The van der Waals surface area contributed by atoms with Crippen molar-refractivity contribution in [2.75, 3.05) is 6.54 Å². The molecule has 0 aliphatic carbocycles. The summed E-state index contributed by atoms with van der Waals surface area (Å²) in [5.74, 6) is 0.0723. The van der Waals surface area contributed by atoms with Crippen LogP contribution in [0.4, 0.5) is 0 Å². The monoisotopic (exact) mass is 198 g/mol. The van der Waals surface area contributed by atoms with E-state index in [0.29, 0.717) is 5.69 Å². The van der Waals surface area contributed by atoms with E-state index in [1.54, 1.807) is 6.21 Å². The van der Waals surface area contributed by atoms with Gasteiger partial charge in [-0.2, -0.15) is 0 Å². The van der Waals surface area contributed by atoms with Gasteiger partial charge in [0.1, 0.15) is 6.54 Å². The number of nitrogens with zero attached hydrogens (tertiary/aromatic N) is 1. The molecule has 74 valence electrons. The van der Waals surface area contributed by atoms with Crippen LogP contribution in [0, 0.1) is 6.92 Å².